The minimum Gasteiger partial charge on any atom is -0.308 e. The van der Waals surface area contributed by atoms with Crippen molar-refractivity contribution in [2.24, 2.45) is 0 Å². The van der Waals surface area contributed by atoms with E-state index in [9.17, 15) is 0 Å². The number of hydrogen-bond donors (Lipinski definition) is 1. The summed E-state index contributed by atoms with van der Waals surface area (Å²) in [7, 11) is 0. The highest BCUT2D eigenvalue weighted by atomic mass is 32.2. The van der Waals surface area contributed by atoms with E-state index in [0.717, 1.165) is 12.3 Å². The SMILES string of the molecule is CC(C)(C)NCc1cccc(SCc2nccs2)c1. The van der Waals surface area contributed by atoms with E-state index < -0.39 is 0 Å². The van der Waals surface area contributed by atoms with Crippen LogP contribution in [-0.2, 0) is 12.3 Å². The van der Waals surface area contributed by atoms with Crippen LogP contribution < -0.4 is 5.32 Å². The Morgan fingerprint density at radius 3 is 2.84 bits per heavy atom. The number of benzene rings is 1. The van der Waals surface area contributed by atoms with Crippen LogP contribution in [0.4, 0.5) is 0 Å². The van der Waals surface area contributed by atoms with Gasteiger partial charge in [0.1, 0.15) is 5.01 Å². The zero-order chi connectivity index (χ0) is 13.7. The first-order valence-electron chi connectivity index (χ1n) is 6.38. The molecule has 0 amide bonds. The molecule has 0 unspecified atom stereocenters. The van der Waals surface area contributed by atoms with Crippen molar-refractivity contribution in [2.75, 3.05) is 0 Å². The van der Waals surface area contributed by atoms with Crippen molar-refractivity contribution in [1.82, 2.24) is 10.3 Å². The van der Waals surface area contributed by atoms with Gasteiger partial charge in [-0.15, -0.1) is 23.1 Å². The van der Waals surface area contributed by atoms with Gasteiger partial charge in [0.15, 0.2) is 0 Å². The van der Waals surface area contributed by atoms with Crippen LogP contribution in [0.5, 0.6) is 0 Å². The first kappa shape index (κ1) is 14.6. The number of aromatic nitrogens is 1. The van der Waals surface area contributed by atoms with Gasteiger partial charge in [0, 0.05) is 28.6 Å². The van der Waals surface area contributed by atoms with E-state index in [-0.39, 0.29) is 5.54 Å². The minimum absolute atomic E-state index is 0.157. The van der Waals surface area contributed by atoms with E-state index in [1.807, 2.05) is 23.3 Å². The average Bonchev–Trinajstić information content (AvgIpc) is 2.87. The molecule has 1 heterocycles. The Labute approximate surface area is 123 Å². The number of thiazole rings is 1. The molecule has 1 aromatic heterocycles. The van der Waals surface area contributed by atoms with E-state index in [1.165, 1.54) is 15.5 Å². The second kappa shape index (κ2) is 6.55. The molecule has 0 fully saturated rings. The van der Waals surface area contributed by atoms with Gasteiger partial charge in [-0.1, -0.05) is 12.1 Å². The molecule has 0 saturated heterocycles. The standard InChI is InChI=1S/C15H20N2S2/c1-15(2,3)17-10-12-5-4-6-13(9-12)19-11-14-16-7-8-18-14/h4-9,17H,10-11H2,1-3H3. The predicted octanol–water partition coefficient (Wildman–Crippen LogP) is 4.32. The first-order valence-corrected chi connectivity index (χ1v) is 8.25. The van der Waals surface area contributed by atoms with Crippen LogP contribution in [0.3, 0.4) is 0 Å². The van der Waals surface area contributed by atoms with Crippen LogP contribution in [-0.4, -0.2) is 10.5 Å². The molecule has 0 saturated carbocycles. The summed E-state index contributed by atoms with van der Waals surface area (Å²) in [6.45, 7) is 7.48. The zero-order valence-electron chi connectivity index (χ0n) is 11.6. The van der Waals surface area contributed by atoms with E-state index >= 15 is 0 Å². The first-order chi connectivity index (χ1) is 9.03. The number of nitrogens with zero attached hydrogens (tertiary/aromatic N) is 1. The Bertz CT molecular complexity index is 501. The summed E-state index contributed by atoms with van der Waals surface area (Å²) in [4.78, 5) is 5.62. The van der Waals surface area contributed by atoms with Gasteiger partial charge < -0.3 is 5.32 Å². The fourth-order valence-corrected chi connectivity index (χ4v) is 3.21. The number of rotatable bonds is 5. The van der Waals surface area contributed by atoms with Crippen molar-refractivity contribution in [1.29, 1.82) is 0 Å². The second-order valence-corrected chi connectivity index (χ2v) is 7.49. The Morgan fingerprint density at radius 1 is 1.32 bits per heavy atom. The predicted molar refractivity (Wildman–Crippen MR) is 84.7 cm³/mol. The molecule has 0 aliphatic heterocycles. The highest BCUT2D eigenvalue weighted by Gasteiger charge is 2.08. The fraction of sp³-hybridized carbons (Fsp3) is 0.400. The van der Waals surface area contributed by atoms with Gasteiger partial charge in [-0.2, -0.15) is 0 Å². The van der Waals surface area contributed by atoms with E-state index in [4.69, 9.17) is 0 Å². The molecule has 1 aromatic carbocycles. The van der Waals surface area contributed by atoms with Crippen molar-refractivity contribution < 1.29 is 0 Å². The summed E-state index contributed by atoms with van der Waals surface area (Å²) in [6, 6.07) is 8.73. The molecule has 0 radical (unpaired) electrons. The van der Waals surface area contributed by atoms with Crippen molar-refractivity contribution in [3.05, 3.63) is 46.4 Å². The van der Waals surface area contributed by atoms with Gasteiger partial charge in [-0.3, -0.25) is 0 Å². The molecule has 2 rings (SSSR count). The van der Waals surface area contributed by atoms with Gasteiger partial charge in [0.05, 0.1) is 5.75 Å². The van der Waals surface area contributed by atoms with E-state index in [1.54, 1.807) is 11.3 Å². The molecule has 0 bridgehead atoms. The highest BCUT2D eigenvalue weighted by molar-refractivity contribution is 7.98. The molecule has 19 heavy (non-hydrogen) atoms. The second-order valence-electron chi connectivity index (χ2n) is 5.47. The topological polar surface area (TPSA) is 24.9 Å². The molecule has 102 valence electrons. The van der Waals surface area contributed by atoms with Crippen LogP contribution in [0.2, 0.25) is 0 Å². The van der Waals surface area contributed by atoms with Crippen LogP contribution >= 0.6 is 23.1 Å². The lowest BCUT2D eigenvalue weighted by atomic mass is 10.1. The lowest BCUT2D eigenvalue weighted by Gasteiger charge is -2.20. The molecular weight excluding hydrogens is 272 g/mol. The summed E-state index contributed by atoms with van der Waals surface area (Å²) in [5, 5.41) is 6.73. The van der Waals surface area contributed by atoms with E-state index in [0.29, 0.717) is 0 Å². The third kappa shape index (κ3) is 5.35. The maximum Gasteiger partial charge on any atom is 0.103 e. The lowest BCUT2D eigenvalue weighted by molar-refractivity contribution is 0.424. The molecule has 0 atom stereocenters. The minimum atomic E-state index is 0.157. The quantitative estimate of drug-likeness (QED) is 0.831. The summed E-state index contributed by atoms with van der Waals surface area (Å²) < 4.78 is 0. The Morgan fingerprint density at radius 2 is 2.16 bits per heavy atom. The van der Waals surface area contributed by atoms with E-state index in [2.05, 4.69) is 55.3 Å². The van der Waals surface area contributed by atoms with Crippen LogP contribution in [0.25, 0.3) is 0 Å². The largest absolute Gasteiger partial charge is 0.308 e. The normalized spacial score (nSPS) is 11.7. The lowest BCUT2D eigenvalue weighted by Crippen LogP contribution is -2.35. The molecule has 1 N–H and O–H groups in total. The van der Waals surface area contributed by atoms with Crippen LogP contribution in [0.1, 0.15) is 31.3 Å². The molecule has 0 aliphatic carbocycles. The van der Waals surface area contributed by atoms with Gasteiger partial charge in [-0.25, -0.2) is 4.98 Å². The van der Waals surface area contributed by atoms with Crippen molar-refractivity contribution in [3.8, 4) is 0 Å². The van der Waals surface area contributed by atoms with Gasteiger partial charge in [0.25, 0.3) is 0 Å². The molecular formula is C15H20N2S2. The smallest absolute Gasteiger partial charge is 0.103 e. The van der Waals surface area contributed by atoms with Gasteiger partial charge in [0.2, 0.25) is 0 Å². The average molecular weight is 292 g/mol. The maximum absolute atomic E-state index is 4.31. The summed E-state index contributed by atoms with van der Waals surface area (Å²) in [5.41, 5.74) is 1.49. The number of hydrogen-bond acceptors (Lipinski definition) is 4. The Hall–Kier alpha value is -0.840. The van der Waals surface area contributed by atoms with Crippen molar-refractivity contribution in [3.63, 3.8) is 0 Å². The Balaban J connectivity index is 1.91. The van der Waals surface area contributed by atoms with Gasteiger partial charge in [-0.05, 0) is 38.5 Å². The number of thioether (sulfide) groups is 1. The molecule has 2 aromatic rings. The highest BCUT2D eigenvalue weighted by Crippen LogP contribution is 2.24. The number of nitrogens with one attached hydrogen (secondary N) is 1. The Kier molecular flexibility index (Phi) is 5.02. The summed E-state index contributed by atoms with van der Waals surface area (Å²) in [6.07, 6.45) is 1.87. The van der Waals surface area contributed by atoms with Crippen molar-refractivity contribution in [2.45, 2.75) is 43.5 Å². The third-order valence-corrected chi connectivity index (χ3v) is 4.53. The molecule has 0 spiro atoms. The zero-order valence-corrected chi connectivity index (χ0v) is 13.3. The van der Waals surface area contributed by atoms with Crippen molar-refractivity contribution >= 4 is 23.1 Å². The summed E-state index contributed by atoms with van der Waals surface area (Å²) >= 11 is 3.56. The maximum atomic E-state index is 4.31. The van der Waals surface area contributed by atoms with Crippen LogP contribution in [0.15, 0.2) is 40.7 Å². The fourth-order valence-electron chi connectivity index (χ4n) is 1.58. The molecule has 4 heteroatoms. The monoisotopic (exact) mass is 292 g/mol. The molecule has 0 aliphatic rings. The summed E-state index contributed by atoms with van der Waals surface area (Å²) in [5.74, 6) is 0.952. The van der Waals surface area contributed by atoms with Gasteiger partial charge >= 0.3 is 0 Å². The molecule has 2 nitrogen and oxygen atoms in total. The van der Waals surface area contributed by atoms with Crippen LogP contribution in [0, 0.1) is 0 Å². The third-order valence-electron chi connectivity index (χ3n) is 2.57.